The number of piperazine rings is 1. The number of hydrogen-bond acceptors (Lipinski definition) is 6. The first kappa shape index (κ1) is 22.5. The zero-order valence-corrected chi connectivity index (χ0v) is 18.4. The van der Waals surface area contributed by atoms with E-state index in [1.807, 2.05) is 12.1 Å². The molecule has 0 saturated carbocycles. The van der Waals surface area contributed by atoms with Crippen LogP contribution in [0.3, 0.4) is 0 Å². The molecule has 2 aromatic rings. The van der Waals surface area contributed by atoms with E-state index in [0.717, 1.165) is 37.6 Å². The molecule has 10 heteroatoms. The number of benzene rings is 1. The molecule has 30 heavy (non-hydrogen) atoms. The Hall–Kier alpha value is -2.20. The van der Waals surface area contributed by atoms with Crippen molar-refractivity contribution in [2.45, 2.75) is 17.9 Å². The number of carbonyl (C=O) groups excluding carboxylic acids is 1. The number of aromatic nitrogens is 1. The number of pyridine rings is 1. The summed E-state index contributed by atoms with van der Waals surface area (Å²) in [5.41, 5.74) is 0.887. The number of likely N-dealkylation sites (N-methyl/N-ethyl adjacent to an activating group) is 1. The lowest BCUT2D eigenvalue weighted by Gasteiger charge is -2.33. The van der Waals surface area contributed by atoms with Crippen molar-refractivity contribution >= 4 is 33.3 Å². The number of nitrogens with one attached hydrogen (secondary N) is 2. The molecule has 1 saturated heterocycles. The molecule has 1 aromatic heterocycles. The second-order valence-electron chi connectivity index (χ2n) is 7.17. The minimum Gasteiger partial charge on any atom is -0.354 e. The smallest absolute Gasteiger partial charge is 0.242 e. The summed E-state index contributed by atoms with van der Waals surface area (Å²) in [5.74, 6) is 0.687. The van der Waals surface area contributed by atoms with E-state index < -0.39 is 10.0 Å². The fourth-order valence-corrected chi connectivity index (χ4v) is 4.62. The standard InChI is InChI=1S/C20H26ClN5O3S/c1-25-10-12-26(13-11-25)19-7-6-16(14-22-19)15-23-20(27)8-9-24-30(28,29)18-5-3-2-4-17(18)21/h2-7,14,24H,8-13,15H2,1H3,(H,23,27). The zero-order valence-electron chi connectivity index (χ0n) is 16.8. The fourth-order valence-electron chi connectivity index (χ4n) is 3.07. The molecule has 0 aliphatic carbocycles. The maximum Gasteiger partial charge on any atom is 0.242 e. The molecule has 8 nitrogen and oxygen atoms in total. The molecule has 1 fully saturated rings. The Bertz CT molecular complexity index is 961. The monoisotopic (exact) mass is 451 g/mol. The van der Waals surface area contributed by atoms with Gasteiger partial charge in [-0.1, -0.05) is 29.8 Å². The van der Waals surface area contributed by atoms with Crippen molar-refractivity contribution < 1.29 is 13.2 Å². The third kappa shape index (κ3) is 6.15. The van der Waals surface area contributed by atoms with Crippen LogP contribution in [0.4, 0.5) is 5.82 Å². The Morgan fingerprint density at radius 1 is 1.13 bits per heavy atom. The highest BCUT2D eigenvalue weighted by Gasteiger charge is 2.17. The van der Waals surface area contributed by atoms with Crippen molar-refractivity contribution in [3.63, 3.8) is 0 Å². The molecule has 1 aromatic carbocycles. The van der Waals surface area contributed by atoms with Crippen LogP contribution < -0.4 is 14.9 Å². The molecule has 0 atom stereocenters. The minimum atomic E-state index is -3.75. The quantitative estimate of drug-likeness (QED) is 0.631. The van der Waals surface area contributed by atoms with E-state index in [0.29, 0.717) is 6.54 Å². The molecule has 0 spiro atoms. The molecular formula is C20H26ClN5O3S. The topological polar surface area (TPSA) is 94.6 Å². The van der Waals surface area contributed by atoms with Crippen LogP contribution in [-0.2, 0) is 21.4 Å². The first-order chi connectivity index (χ1) is 14.3. The number of nitrogens with zero attached hydrogens (tertiary/aromatic N) is 3. The van der Waals surface area contributed by atoms with Crippen molar-refractivity contribution in [1.29, 1.82) is 0 Å². The Balaban J connectivity index is 1.42. The molecular weight excluding hydrogens is 426 g/mol. The van der Waals surface area contributed by atoms with Gasteiger partial charge in [-0.05, 0) is 30.8 Å². The Kier molecular flexibility index (Phi) is 7.65. The van der Waals surface area contributed by atoms with Crippen LogP contribution in [0.5, 0.6) is 0 Å². The van der Waals surface area contributed by atoms with E-state index in [4.69, 9.17) is 11.6 Å². The number of hydrogen-bond donors (Lipinski definition) is 2. The summed E-state index contributed by atoms with van der Waals surface area (Å²) in [6.45, 7) is 4.25. The second-order valence-corrected chi connectivity index (χ2v) is 9.31. The van der Waals surface area contributed by atoms with Crippen LogP contribution in [-0.4, -0.2) is 64.0 Å². The molecule has 0 radical (unpaired) electrons. The first-order valence-corrected chi connectivity index (χ1v) is 11.6. The molecule has 162 valence electrons. The highest BCUT2D eigenvalue weighted by Crippen LogP contribution is 2.20. The van der Waals surface area contributed by atoms with Gasteiger partial charge in [0.2, 0.25) is 15.9 Å². The van der Waals surface area contributed by atoms with Gasteiger partial charge in [-0.3, -0.25) is 4.79 Å². The Morgan fingerprint density at radius 3 is 2.53 bits per heavy atom. The van der Waals surface area contributed by atoms with Crippen LogP contribution in [0.1, 0.15) is 12.0 Å². The predicted molar refractivity (Wildman–Crippen MR) is 117 cm³/mol. The van der Waals surface area contributed by atoms with Crippen LogP contribution in [0, 0.1) is 0 Å². The molecule has 1 amide bonds. The van der Waals surface area contributed by atoms with Crippen LogP contribution in [0.2, 0.25) is 5.02 Å². The first-order valence-electron chi connectivity index (χ1n) is 9.74. The average molecular weight is 452 g/mol. The van der Waals surface area contributed by atoms with E-state index in [1.54, 1.807) is 18.3 Å². The van der Waals surface area contributed by atoms with Gasteiger partial charge in [-0.15, -0.1) is 0 Å². The van der Waals surface area contributed by atoms with Gasteiger partial charge in [-0.2, -0.15) is 0 Å². The van der Waals surface area contributed by atoms with Crippen molar-refractivity contribution in [2.75, 3.05) is 44.7 Å². The van der Waals surface area contributed by atoms with Gasteiger partial charge in [0, 0.05) is 51.9 Å². The maximum atomic E-state index is 12.3. The number of rotatable bonds is 8. The summed E-state index contributed by atoms with van der Waals surface area (Å²) in [7, 11) is -1.64. The highest BCUT2D eigenvalue weighted by molar-refractivity contribution is 7.89. The molecule has 1 aliphatic heterocycles. The average Bonchev–Trinajstić information content (AvgIpc) is 2.73. The Morgan fingerprint density at radius 2 is 1.87 bits per heavy atom. The highest BCUT2D eigenvalue weighted by atomic mass is 35.5. The molecule has 2 N–H and O–H groups in total. The number of amides is 1. The third-order valence-electron chi connectivity index (χ3n) is 4.90. The summed E-state index contributed by atoms with van der Waals surface area (Å²) in [6, 6.07) is 10.1. The van der Waals surface area contributed by atoms with E-state index in [2.05, 4.69) is 31.9 Å². The number of anilines is 1. The van der Waals surface area contributed by atoms with E-state index in [9.17, 15) is 13.2 Å². The van der Waals surface area contributed by atoms with Gasteiger partial charge >= 0.3 is 0 Å². The van der Waals surface area contributed by atoms with Gasteiger partial charge in [0.15, 0.2) is 0 Å². The van der Waals surface area contributed by atoms with Crippen molar-refractivity contribution in [3.8, 4) is 0 Å². The fraction of sp³-hybridized carbons (Fsp3) is 0.400. The van der Waals surface area contributed by atoms with Gasteiger partial charge in [0.05, 0.1) is 5.02 Å². The SMILES string of the molecule is CN1CCN(c2ccc(CNC(=O)CCNS(=O)(=O)c3ccccc3Cl)cn2)CC1. The second kappa shape index (κ2) is 10.2. The molecule has 2 heterocycles. The number of carbonyl (C=O) groups is 1. The minimum absolute atomic E-state index is 0.00131. The van der Waals surface area contributed by atoms with Gasteiger partial charge < -0.3 is 15.1 Å². The summed E-state index contributed by atoms with van der Waals surface area (Å²) in [5, 5.41) is 2.92. The lowest BCUT2D eigenvalue weighted by atomic mass is 10.2. The predicted octanol–water partition coefficient (Wildman–Crippen LogP) is 1.47. The lowest BCUT2D eigenvalue weighted by molar-refractivity contribution is -0.121. The van der Waals surface area contributed by atoms with Crippen molar-refractivity contribution in [2.24, 2.45) is 0 Å². The van der Waals surface area contributed by atoms with E-state index in [-0.39, 0.29) is 28.8 Å². The number of halogens is 1. The molecule has 0 unspecified atom stereocenters. The molecule has 1 aliphatic rings. The summed E-state index contributed by atoms with van der Waals surface area (Å²) in [6.07, 6.45) is 1.78. The van der Waals surface area contributed by atoms with Crippen LogP contribution in [0.25, 0.3) is 0 Å². The summed E-state index contributed by atoms with van der Waals surface area (Å²) in [4.78, 5) is 21.1. The molecule has 3 rings (SSSR count). The van der Waals surface area contributed by atoms with Crippen molar-refractivity contribution in [1.82, 2.24) is 19.9 Å². The third-order valence-corrected chi connectivity index (χ3v) is 6.86. The van der Waals surface area contributed by atoms with Crippen LogP contribution >= 0.6 is 11.6 Å². The lowest BCUT2D eigenvalue weighted by Crippen LogP contribution is -2.44. The zero-order chi connectivity index (χ0) is 21.6. The van der Waals surface area contributed by atoms with Gasteiger partial charge in [0.25, 0.3) is 0 Å². The summed E-state index contributed by atoms with van der Waals surface area (Å²) < 4.78 is 26.9. The Labute approximate surface area is 182 Å². The van der Waals surface area contributed by atoms with Crippen LogP contribution in [0.15, 0.2) is 47.5 Å². The van der Waals surface area contributed by atoms with Gasteiger partial charge in [0.1, 0.15) is 10.7 Å². The normalized spacial score (nSPS) is 15.2. The van der Waals surface area contributed by atoms with E-state index >= 15 is 0 Å². The summed E-state index contributed by atoms with van der Waals surface area (Å²) >= 11 is 5.93. The molecule has 0 bridgehead atoms. The van der Waals surface area contributed by atoms with E-state index in [1.165, 1.54) is 12.1 Å². The van der Waals surface area contributed by atoms with Crippen molar-refractivity contribution in [3.05, 3.63) is 53.2 Å². The van der Waals surface area contributed by atoms with Gasteiger partial charge in [-0.25, -0.2) is 18.1 Å². The number of sulfonamides is 1. The maximum absolute atomic E-state index is 12.3. The largest absolute Gasteiger partial charge is 0.354 e.